The molecule has 1 saturated carbocycles. The van der Waals surface area contributed by atoms with Crippen LogP contribution < -0.4 is 0 Å². The summed E-state index contributed by atoms with van der Waals surface area (Å²) < 4.78 is 2.30. The van der Waals surface area contributed by atoms with Gasteiger partial charge in [-0.05, 0) is 38.5 Å². The number of aromatic nitrogens is 3. The van der Waals surface area contributed by atoms with Crippen molar-refractivity contribution < 1.29 is 4.79 Å². The van der Waals surface area contributed by atoms with Gasteiger partial charge >= 0.3 is 0 Å². The molecule has 108 valence electrons. The molecule has 0 radical (unpaired) electrons. The van der Waals surface area contributed by atoms with Gasteiger partial charge in [-0.15, -0.1) is 10.2 Å². The summed E-state index contributed by atoms with van der Waals surface area (Å²) in [5.41, 5.74) is 0. The van der Waals surface area contributed by atoms with Crippen molar-refractivity contribution >= 4 is 5.91 Å². The summed E-state index contributed by atoms with van der Waals surface area (Å²) in [6.07, 6.45) is 9.06. The monoisotopic (exact) mass is 274 g/mol. The molecule has 1 atom stereocenters. The molecule has 0 aromatic carbocycles. The lowest BCUT2D eigenvalue weighted by Gasteiger charge is -2.24. The van der Waals surface area contributed by atoms with E-state index in [1.54, 1.807) is 0 Å². The Labute approximate surface area is 119 Å². The standard InChI is InChI=1S/C15H22N4O/c20-15(11-7-8-11)18-10-4-5-12(18)14-17-16-13-6-2-1-3-9-19(13)14/h11-12H,1-10H2/t12-/m0/s1. The first-order chi connectivity index (χ1) is 9.84. The maximum Gasteiger partial charge on any atom is 0.226 e. The van der Waals surface area contributed by atoms with Gasteiger partial charge in [-0.3, -0.25) is 4.79 Å². The van der Waals surface area contributed by atoms with Crippen LogP contribution in [0.5, 0.6) is 0 Å². The fourth-order valence-electron chi connectivity index (χ4n) is 3.62. The van der Waals surface area contributed by atoms with Crippen LogP contribution in [0.2, 0.25) is 0 Å². The molecule has 0 N–H and O–H groups in total. The maximum atomic E-state index is 12.4. The quantitative estimate of drug-likeness (QED) is 0.829. The first-order valence-corrected chi connectivity index (χ1v) is 8.07. The van der Waals surface area contributed by atoms with E-state index in [-0.39, 0.29) is 6.04 Å². The second kappa shape index (κ2) is 4.86. The van der Waals surface area contributed by atoms with Crippen LogP contribution in [-0.4, -0.2) is 32.1 Å². The van der Waals surface area contributed by atoms with Gasteiger partial charge in [0.1, 0.15) is 5.82 Å². The minimum atomic E-state index is 0.183. The van der Waals surface area contributed by atoms with Crippen LogP contribution in [0.15, 0.2) is 0 Å². The highest BCUT2D eigenvalue weighted by molar-refractivity contribution is 5.81. The van der Waals surface area contributed by atoms with Gasteiger partial charge in [0.2, 0.25) is 5.91 Å². The fraction of sp³-hybridized carbons (Fsp3) is 0.800. The molecule has 0 bridgehead atoms. The lowest BCUT2D eigenvalue weighted by molar-refractivity contribution is -0.133. The first kappa shape index (κ1) is 12.4. The van der Waals surface area contributed by atoms with Crippen molar-refractivity contribution in [2.45, 2.75) is 64.0 Å². The molecular formula is C15H22N4O. The number of aryl methyl sites for hydroxylation is 1. The number of hydrogen-bond acceptors (Lipinski definition) is 3. The minimum absolute atomic E-state index is 0.183. The van der Waals surface area contributed by atoms with Crippen molar-refractivity contribution in [1.82, 2.24) is 19.7 Å². The van der Waals surface area contributed by atoms with E-state index in [2.05, 4.69) is 19.7 Å². The van der Waals surface area contributed by atoms with Crippen LogP contribution in [0, 0.1) is 5.92 Å². The third-order valence-corrected chi connectivity index (χ3v) is 4.90. The van der Waals surface area contributed by atoms with Crippen molar-refractivity contribution in [1.29, 1.82) is 0 Å². The van der Waals surface area contributed by atoms with Gasteiger partial charge in [-0.2, -0.15) is 0 Å². The number of carbonyl (C=O) groups is 1. The van der Waals surface area contributed by atoms with Crippen molar-refractivity contribution in [2.75, 3.05) is 6.54 Å². The summed E-state index contributed by atoms with van der Waals surface area (Å²) in [6.45, 7) is 1.93. The molecule has 5 nitrogen and oxygen atoms in total. The van der Waals surface area contributed by atoms with Crippen LogP contribution >= 0.6 is 0 Å². The number of carbonyl (C=O) groups excluding carboxylic acids is 1. The molecule has 1 aromatic heterocycles. The Hall–Kier alpha value is -1.39. The lowest BCUT2D eigenvalue weighted by Crippen LogP contribution is -2.33. The minimum Gasteiger partial charge on any atom is -0.332 e. The van der Waals surface area contributed by atoms with Crippen LogP contribution in [-0.2, 0) is 17.8 Å². The average molecular weight is 274 g/mol. The Bertz CT molecular complexity index is 520. The van der Waals surface area contributed by atoms with E-state index < -0.39 is 0 Å². The smallest absolute Gasteiger partial charge is 0.226 e. The Kier molecular flexibility index (Phi) is 3.00. The Balaban J connectivity index is 1.62. The molecule has 1 saturated heterocycles. The molecule has 1 aliphatic carbocycles. The largest absolute Gasteiger partial charge is 0.332 e. The third kappa shape index (κ3) is 2.03. The van der Waals surface area contributed by atoms with Gasteiger partial charge < -0.3 is 9.47 Å². The van der Waals surface area contributed by atoms with Crippen molar-refractivity contribution in [3.8, 4) is 0 Å². The van der Waals surface area contributed by atoms with E-state index in [1.165, 1.54) is 19.3 Å². The van der Waals surface area contributed by atoms with E-state index in [0.717, 1.165) is 56.8 Å². The molecule has 2 fully saturated rings. The van der Waals surface area contributed by atoms with Crippen LogP contribution in [0.25, 0.3) is 0 Å². The predicted molar refractivity (Wildman–Crippen MR) is 74.0 cm³/mol. The highest BCUT2D eigenvalue weighted by Crippen LogP contribution is 2.38. The molecule has 1 aromatic rings. The maximum absolute atomic E-state index is 12.4. The van der Waals surface area contributed by atoms with Gasteiger partial charge in [0.25, 0.3) is 0 Å². The molecule has 20 heavy (non-hydrogen) atoms. The molecule has 1 amide bonds. The summed E-state index contributed by atoms with van der Waals surface area (Å²) in [6, 6.07) is 0.183. The molecule has 2 aliphatic heterocycles. The zero-order valence-electron chi connectivity index (χ0n) is 11.9. The van der Waals surface area contributed by atoms with Gasteiger partial charge in [0, 0.05) is 25.4 Å². The first-order valence-electron chi connectivity index (χ1n) is 8.07. The van der Waals surface area contributed by atoms with E-state index in [0.29, 0.717) is 11.8 Å². The summed E-state index contributed by atoms with van der Waals surface area (Å²) in [4.78, 5) is 14.5. The lowest BCUT2D eigenvalue weighted by atomic mass is 10.2. The molecule has 4 rings (SSSR count). The van der Waals surface area contributed by atoms with Crippen LogP contribution in [0.3, 0.4) is 0 Å². The molecule has 3 aliphatic rings. The number of hydrogen-bond donors (Lipinski definition) is 0. The predicted octanol–water partition coefficient (Wildman–Crippen LogP) is 2.08. The third-order valence-electron chi connectivity index (χ3n) is 4.90. The normalized spacial score (nSPS) is 26.4. The fourth-order valence-corrected chi connectivity index (χ4v) is 3.62. The summed E-state index contributed by atoms with van der Waals surface area (Å²) in [5, 5.41) is 8.84. The topological polar surface area (TPSA) is 51.0 Å². The zero-order valence-corrected chi connectivity index (χ0v) is 11.9. The number of amides is 1. The van der Waals surface area contributed by atoms with Crippen molar-refractivity contribution in [2.24, 2.45) is 5.92 Å². The number of likely N-dealkylation sites (tertiary alicyclic amines) is 1. The molecule has 5 heteroatoms. The number of nitrogens with zero attached hydrogens (tertiary/aromatic N) is 4. The Morgan fingerprint density at radius 2 is 1.90 bits per heavy atom. The second-order valence-electron chi connectivity index (χ2n) is 6.40. The van der Waals surface area contributed by atoms with Gasteiger partial charge in [-0.25, -0.2) is 0 Å². The number of fused-ring (bicyclic) bond motifs is 1. The SMILES string of the molecule is O=C(C1CC1)N1CCC[C@H]1c1nnc2n1CCCCC2. The van der Waals surface area contributed by atoms with Gasteiger partial charge in [0.15, 0.2) is 5.82 Å². The molecule has 3 heterocycles. The summed E-state index contributed by atoms with van der Waals surface area (Å²) >= 11 is 0. The average Bonchev–Trinajstić information content (AvgIpc) is 3.14. The summed E-state index contributed by atoms with van der Waals surface area (Å²) in [5.74, 6) is 2.84. The molecular weight excluding hydrogens is 252 g/mol. The number of rotatable bonds is 2. The van der Waals surface area contributed by atoms with E-state index in [1.807, 2.05) is 0 Å². The molecule has 0 spiro atoms. The Morgan fingerprint density at radius 3 is 2.75 bits per heavy atom. The highest BCUT2D eigenvalue weighted by Gasteiger charge is 2.40. The van der Waals surface area contributed by atoms with Gasteiger partial charge in [-0.1, -0.05) is 6.42 Å². The second-order valence-corrected chi connectivity index (χ2v) is 6.40. The van der Waals surface area contributed by atoms with E-state index in [4.69, 9.17) is 0 Å². The van der Waals surface area contributed by atoms with Crippen molar-refractivity contribution in [3.05, 3.63) is 11.6 Å². The Morgan fingerprint density at radius 1 is 1.00 bits per heavy atom. The van der Waals surface area contributed by atoms with Crippen LogP contribution in [0.1, 0.15) is 62.6 Å². The van der Waals surface area contributed by atoms with Gasteiger partial charge in [0.05, 0.1) is 6.04 Å². The summed E-state index contributed by atoms with van der Waals surface area (Å²) in [7, 11) is 0. The zero-order chi connectivity index (χ0) is 13.5. The molecule has 0 unspecified atom stereocenters. The highest BCUT2D eigenvalue weighted by atomic mass is 16.2. The van der Waals surface area contributed by atoms with E-state index in [9.17, 15) is 4.79 Å². The van der Waals surface area contributed by atoms with Crippen LogP contribution in [0.4, 0.5) is 0 Å². The van der Waals surface area contributed by atoms with Crippen molar-refractivity contribution in [3.63, 3.8) is 0 Å². The van der Waals surface area contributed by atoms with E-state index >= 15 is 0 Å².